The van der Waals surface area contributed by atoms with E-state index in [1.807, 2.05) is 0 Å². The zero-order valence-electron chi connectivity index (χ0n) is 14.9. The summed E-state index contributed by atoms with van der Waals surface area (Å²) in [4.78, 5) is 35.9. The Kier molecular flexibility index (Phi) is 7.25. The standard InChI is InChI=1S/C19H19NO6S/c1-3-27(24)16-7-5-4-6-15(16)19(23)26-12-17(21)20-14-10-8-13(9-11-14)18(22)25-2/h4-11H,3,12H2,1-2H3,(H,20,21)/t27-/m1/s1. The third-order valence-electron chi connectivity index (χ3n) is 3.54. The minimum absolute atomic E-state index is 0.174. The van der Waals surface area contributed by atoms with Crippen LogP contribution in [-0.4, -0.2) is 41.5 Å². The van der Waals surface area contributed by atoms with E-state index in [1.165, 1.54) is 37.4 Å². The highest BCUT2D eigenvalue weighted by molar-refractivity contribution is 7.85. The number of hydrogen-bond acceptors (Lipinski definition) is 6. The lowest BCUT2D eigenvalue weighted by Gasteiger charge is -2.09. The van der Waals surface area contributed by atoms with Crippen LogP contribution in [0.2, 0.25) is 0 Å². The average molecular weight is 389 g/mol. The molecule has 0 fully saturated rings. The normalized spacial score (nSPS) is 11.3. The first-order chi connectivity index (χ1) is 13.0. The van der Waals surface area contributed by atoms with Gasteiger partial charge in [0, 0.05) is 11.4 Å². The number of nitrogens with one attached hydrogen (secondary N) is 1. The van der Waals surface area contributed by atoms with Gasteiger partial charge in [-0.3, -0.25) is 9.00 Å². The van der Waals surface area contributed by atoms with E-state index in [2.05, 4.69) is 10.1 Å². The van der Waals surface area contributed by atoms with Gasteiger partial charge in [-0.15, -0.1) is 0 Å². The van der Waals surface area contributed by atoms with E-state index in [0.29, 0.717) is 21.9 Å². The molecule has 7 nitrogen and oxygen atoms in total. The first-order valence-electron chi connectivity index (χ1n) is 8.09. The molecule has 8 heteroatoms. The molecule has 1 N–H and O–H groups in total. The molecule has 142 valence electrons. The molecule has 0 radical (unpaired) electrons. The van der Waals surface area contributed by atoms with Gasteiger partial charge in [0.2, 0.25) is 0 Å². The molecule has 0 aliphatic heterocycles. The molecule has 0 saturated heterocycles. The van der Waals surface area contributed by atoms with Gasteiger partial charge >= 0.3 is 11.9 Å². The summed E-state index contributed by atoms with van der Waals surface area (Å²) >= 11 is 0. The fraction of sp³-hybridized carbons (Fsp3) is 0.211. The summed E-state index contributed by atoms with van der Waals surface area (Å²) in [5, 5.41) is 2.55. The number of methoxy groups -OCH3 is 1. The number of rotatable bonds is 7. The number of anilines is 1. The molecular formula is C19H19NO6S. The van der Waals surface area contributed by atoms with Crippen LogP contribution in [0.15, 0.2) is 53.4 Å². The maximum atomic E-state index is 12.2. The van der Waals surface area contributed by atoms with E-state index in [-0.39, 0.29) is 5.56 Å². The van der Waals surface area contributed by atoms with Crippen molar-refractivity contribution >= 4 is 34.3 Å². The molecule has 2 aromatic carbocycles. The minimum atomic E-state index is -1.31. The van der Waals surface area contributed by atoms with Crippen molar-refractivity contribution in [1.82, 2.24) is 0 Å². The second-order valence-electron chi connectivity index (χ2n) is 5.32. The van der Waals surface area contributed by atoms with Crippen molar-refractivity contribution in [1.29, 1.82) is 0 Å². The predicted molar refractivity (Wildman–Crippen MR) is 100 cm³/mol. The molecule has 27 heavy (non-hydrogen) atoms. The smallest absolute Gasteiger partial charge is 0.339 e. The maximum absolute atomic E-state index is 12.2. The SMILES string of the molecule is CC[S@@](=O)c1ccccc1C(=O)OCC(=O)Nc1ccc(C(=O)OC)cc1. The Hall–Kier alpha value is -3.00. The molecule has 1 atom stereocenters. The lowest BCUT2D eigenvalue weighted by molar-refractivity contribution is -0.119. The number of benzene rings is 2. The quantitative estimate of drug-likeness (QED) is 0.730. The summed E-state index contributed by atoms with van der Waals surface area (Å²) in [6.07, 6.45) is 0. The van der Waals surface area contributed by atoms with Gasteiger partial charge in [-0.1, -0.05) is 19.1 Å². The van der Waals surface area contributed by atoms with Gasteiger partial charge in [-0.2, -0.15) is 0 Å². The van der Waals surface area contributed by atoms with Crippen LogP contribution >= 0.6 is 0 Å². The maximum Gasteiger partial charge on any atom is 0.339 e. The summed E-state index contributed by atoms with van der Waals surface area (Å²) in [5.41, 5.74) is 0.964. The molecule has 2 aromatic rings. The van der Waals surface area contributed by atoms with Crippen molar-refractivity contribution in [2.75, 3.05) is 24.8 Å². The van der Waals surface area contributed by atoms with Crippen LogP contribution in [0.5, 0.6) is 0 Å². The Bertz CT molecular complexity index is 863. The Morgan fingerprint density at radius 3 is 2.30 bits per heavy atom. The van der Waals surface area contributed by atoms with Gasteiger partial charge in [-0.25, -0.2) is 9.59 Å². The van der Waals surface area contributed by atoms with Crippen molar-refractivity contribution in [3.63, 3.8) is 0 Å². The number of carbonyl (C=O) groups is 3. The Labute approximate surface area is 159 Å². The van der Waals surface area contributed by atoms with Crippen molar-refractivity contribution < 1.29 is 28.1 Å². The van der Waals surface area contributed by atoms with Gasteiger partial charge in [0.1, 0.15) is 0 Å². The van der Waals surface area contributed by atoms with Crippen LogP contribution in [0.1, 0.15) is 27.6 Å². The van der Waals surface area contributed by atoms with Crippen LogP contribution < -0.4 is 5.32 Å². The molecule has 0 spiro atoms. The average Bonchev–Trinajstić information content (AvgIpc) is 2.71. The van der Waals surface area contributed by atoms with E-state index in [4.69, 9.17) is 4.74 Å². The van der Waals surface area contributed by atoms with E-state index >= 15 is 0 Å². The number of esters is 2. The van der Waals surface area contributed by atoms with Crippen LogP contribution in [0, 0.1) is 0 Å². The van der Waals surface area contributed by atoms with E-state index in [1.54, 1.807) is 25.1 Å². The molecule has 0 unspecified atom stereocenters. The van der Waals surface area contributed by atoms with Crippen molar-refractivity contribution in [2.45, 2.75) is 11.8 Å². The van der Waals surface area contributed by atoms with Crippen molar-refractivity contribution in [3.05, 3.63) is 59.7 Å². The molecule has 0 aliphatic rings. The van der Waals surface area contributed by atoms with Crippen molar-refractivity contribution in [2.24, 2.45) is 0 Å². The lowest BCUT2D eigenvalue weighted by Crippen LogP contribution is -2.21. The fourth-order valence-corrected chi connectivity index (χ4v) is 3.14. The molecule has 0 aromatic heterocycles. The number of carbonyl (C=O) groups excluding carboxylic acids is 3. The Morgan fingerprint density at radius 1 is 1.00 bits per heavy atom. The van der Waals surface area contributed by atoms with Gasteiger partial charge < -0.3 is 14.8 Å². The third-order valence-corrected chi connectivity index (χ3v) is 4.91. The summed E-state index contributed by atoms with van der Waals surface area (Å²) in [6.45, 7) is 1.25. The fourth-order valence-electron chi connectivity index (χ4n) is 2.20. The first-order valence-corrected chi connectivity index (χ1v) is 9.41. The van der Waals surface area contributed by atoms with E-state index in [9.17, 15) is 18.6 Å². The Balaban J connectivity index is 1.95. The summed E-state index contributed by atoms with van der Waals surface area (Å²) in [5.74, 6) is -1.37. The second kappa shape index (κ2) is 9.63. The van der Waals surface area contributed by atoms with E-state index in [0.717, 1.165) is 0 Å². The zero-order valence-corrected chi connectivity index (χ0v) is 15.7. The second-order valence-corrected chi connectivity index (χ2v) is 7.03. The molecular weight excluding hydrogens is 370 g/mol. The molecule has 0 heterocycles. The van der Waals surface area contributed by atoms with E-state index < -0.39 is 35.3 Å². The van der Waals surface area contributed by atoms with Crippen LogP contribution in [0.25, 0.3) is 0 Å². The summed E-state index contributed by atoms with van der Waals surface area (Å²) < 4.78 is 21.6. The summed E-state index contributed by atoms with van der Waals surface area (Å²) in [6, 6.07) is 12.5. The number of ether oxygens (including phenoxy) is 2. The molecule has 0 bridgehead atoms. The molecule has 1 amide bonds. The monoisotopic (exact) mass is 389 g/mol. The minimum Gasteiger partial charge on any atom is -0.465 e. The highest BCUT2D eigenvalue weighted by Crippen LogP contribution is 2.15. The molecule has 2 rings (SSSR count). The van der Waals surface area contributed by atoms with Crippen LogP contribution in [0.4, 0.5) is 5.69 Å². The van der Waals surface area contributed by atoms with Crippen LogP contribution in [0.3, 0.4) is 0 Å². The van der Waals surface area contributed by atoms with Crippen molar-refractivity contribution in [3.8, 4) is 0 Å². The largest absolute Gasteiger partial charge is 0.465 e. The summed E-state index contributed by atoms with van der Waals surface area (Å²) in [7, 11) is -0.0362. The number of hydrogen-bond donors (Lipinski definition) is 1. The lowest BCUT2D eigenvalue weighted by atomic mass is 10.2. The van der Waals surface area contributed by atoms with Gasteiger partial charge in [0.15, 0.2) is 6.61 Å². The zero-order chi connectivity index (χ0) is 19.8. The highest BCUT2D eigenvalue weighted by Gasteiger charge is 2.17. The first kappa shape index (κ1) is 20.3. The van der Waals surface area contributed by atoms with Gasteiger partial charge in [0.05, 0.1) is 33.9 Å². The molecule has 0 saturated carbocycles. The van der Waals surface area contributed by atoms with Crippen LogP contribution in [-0.2, 0) is 25.1 Å². The molecule has 0 aliphatic carbocycles. The Morgan fingerprint density at radius 2 is 1.67 bits per heavy atom. The highest BCUT2D eigenvalue weighted by atomic mass is 32.2. The third kappa shape index (κ3) is 5.49. The topological polar surface area (TPSA) is 98.8 Å². The van der Waals surface area contributed by atoms with Gasteiger partial charge in [0.25, 0.3) is 5.91 Å². The number of amides is 1. The van der Waals surface area contributed by atoms with Gasteiger partial charge in [-0.05, 0) is 36.4 Å². The predicted octanol–water partition coefficient (Wildman–Crippen LogP) is 2.40.